The fraction of sp³-hybridized carbons (Fsp3) is 0.429. The van der Waals surface area contributed by atoms with Crippen LogP contribution in [0.3, 0.4) is 0 Å². The van der Waals surface area contributed by atoms with Crippen molar-refractivity contribution in [3.05, 3.63) is 69.4 Å². The van der Waals surface area contributed by atoms with E-state index in [0.717, 1.165) is 12.6 Å². The Balaban J connectivity index is 1.82. The second-order valence-corrected chi connectivity index (χ2v) is 9.65. The van der Waals surface area contributed by atoms with E-state index in [2.05, 4.69) is 25.0 Å². The van der Waals surface area contributed by atoms with E-state index >= 15 is 0 Å². The number of hydrogen-bond acceptors (Lipinski definition) is 7. The molecule has 12 heteroatoms. The van der Waals surface area contributed by atoms with Gasteiger partial charge in [0.25, 0.3) is 5.56 Å². The van der Waals surface area contributed by atoms with Gasteiger partial charge in [0.05, 0.1) is 37.1 Å². The molecule has 0 aliphatic heterocycles. The van der Waals surface area contributed by atoms with Gasteiger partial charge in [0.1, 0.15) is 11.3 Å². The van der Waals surface area contributed by atoms with Gasteiger partial charge in [-0.3, -0.25) is 19.4 Å². The van der Waals surface area contributed by atoms with Gasteiger partial charge in [0, 0.05) is 31.8 Å². The van der Waals surface area contributed by atoms with Crippen molar-refractivity contribution < 1.29 is 23.5 Å². The maximum atomic E-state index is 14.4. The molecule has 3 heterocycles. The van der Waals surface area contributed by atoms with E-state index in [0.29, 0.717) is 35.6 Å². The fourth-order valence-corrected chi connectivity index (χ4v) is 4.18. The first-order valence-electron chi connectivity index (χ1n) is 13.0. The summed E-state index contributed by atoms with van der Waals surface area (Å²) in [5.41, 5.74) is 1.85. The maximum absolute atomic E-state index is 14.4. The van der Waals surface area contributed by atoms with Gasteiger partial charge in [-0.2, -0.15) is 0 Å². The number of carbonyl (C=O) groups is 3. The monoisotopic (exact) mass is 554 g/mol. The topological polar surface area (TPSA) is 139 Å². The summed E-state index contributed by atoms with van der Waals surface area (Å²) in [4.78, 5) is 63.2. The SMILES string of the molecule is CCCc1ncc(F)c2nc(Cn3c(C)ccc(CC(=O)[C@H](CC/C=C/C(=O)N(C)C)NC(=O)OC)c3=O)[nH]c12. The van der Waals surface area contributed by atoms with E-state index < -0.39 is 23.5 Å². The third-order valence-electron chi connectivity index (χ3n) is 6.42. The van der Waals surface area contributed by atoms with Gasteiger partial charge in [-0.1, -0.05) is 25.5 Å². The zero-order valence-electron chi connectivity index (χ0n) is 23.4. The summed E-state index contributed by atoms with van der Waals surface area (Å²) in [6, 6.07) is 2.37. The van der Waals surface area contributed by atoms with Crippen molar-refractivity contribution in [2.24, 2.45) is 0 Å². The summed E-state index contributed by atoms with van der Waals surface area (Å²) in [7, 11) is 4.44. The minimum Gasteiger partial charge on any atom is -0.453 e. The van der Waals surface area contributed by atoms with Crippen LogP contribution in [0.25, 0.3) is 11.0 Å². The Kier molecular flexibility index (Phi) is 10.3. The smallest absolute Gasteiger partial charge is 0.407 e. The molecule has 2 N–H and O–H groups in total. The first-order valence-corrected chi connectivity index (χ1v) is 13.0. The molecule has 0 fully saturated rings. The number of allylic oxidation sites excluding steroid dienone is 1. The Morgan fingerprint density at radius 2 is 2.02 bits per heavy atom. The van der Waals surface area contributed by atoms with Crippen molar-refractivity contribution in [2.75, 3.05) is 21.2 Å². The second kappa shape index (κ2) is 13.6. The Morgan fingerprint density at radius 3 is 2.70 bits per heavy atom. The number of amides is 2. The molecular weight excluding hydrogens is 519 g/mol. The highest BCUT2D eigenvalue weighted by Gasteiger charge is 2.23. The zero-order valence-corrected chi connectivity index (χ0v) is 23.4. The summed E-state index contributed by atoms with van der Waals surface area (Å²) in [6.45, 7) is 3.79. The zero-order chi connectivity index (χ0) is 29.4. The number of pyridine rings is 2. The lowest BCUT2D eigenvalue weighted by Crippen LogP contribution is -2.42. The van der Waals surface area contributed by atoms with Gasteiger partial charge in [0.2, 0.25) is 5.91 Å². The Morgan fingerprint density at radius 1 is 1.27 bits per heavy atom. The lowest BCUT2D eigenvalue weighted by Gasteiger charge is -2.17. The Labute approximate surface area is 231 Å². The van der Waals surface area contributed by atoms with E-state index in [4.69, 9.17) is 0 Å². The highest BCUT2D eigenvalue weighted by molar-refractivity contribution is 5.89. The van der Waals surface area contributed by atoms with Crippen LogP contribution in [0.1, 0.15) is 49.0 Å². The largest absolute Gasteiger partial charge is 0.453 e. The number of alkyl carbamates (subject to hydrolysis) is 1. The van der Waals surface area contributed by atoms with Gasteiger partial charge in [-0.05, 0) is 38.3 Å². The number of ether oxygens (including phenoxy) is 1. The number of nitrogens with zero attached hydrogens (tertiary/aromatic N) is 4. The van der Waals surface area contributed by atoms with E-state index in [1.165, 1.54) is 22.7 Å². The quantitative estimate of drug-likeness (QED) is 0.328. The van der Waals surface area contributed by atoms with Crippen molar-refractivity contribution in [2.45, 2.75) is 58.5 Å². The standard InChI is InChI=1S/C28H35FN6O5/c1-6-9-21-26-25(19(29)15-30-21)32-23(33-26)16-35-17(2)12-13-18(27(35)38)14-22(36)20(31-28(39)40-5)10-7-8-11-24(37)34(3)4/h8,11-13,15,20H,6-7,9-10,14,16H2,1-5H3,(H,31,39)(H,32,33)/b11-8+/t20-/m0/s1. The molecule has 3 aromatic heterocycles. The highest BCUT2D eigenvalue weighted by atomic mass is 19.1. The molecule has 2 amide bonds. The van der Waals surface area contributed by atoms with Crippen LogP contribution in [0.5, 0.6) is 0 Å². The average Bonchev–Trinajstić information content (AvgIpc) is 3.36. The summed E-state index contributed by atoms with van der Waals surface area (Å²) in [5, 5.41) is 2.51. The molecule has 0 radical (unpaired) electrons. The summed E-state index contributed by atoms with van der Waals surface area (Å²) in [5.74, 6) is -0.747. The highest BCUT2D eigenvalue weighted by Crippen LogP contribution is 2.19. The van der Waals surface area contributed by atoms with Crippen molar-refractivity contribution in [3.8, 4) is 0 Å². The molecule has 1 atom stereocenters. The number of aromatic amines is 1. The molecule has 0 aromatic carbocycles. The number of halogens is 1. The van der Waals surface area contributed by atoms with E-state index in [-0.39, 0.29) is 42.2 Å². The molecule has 11 nitrogen and oxygen atoms in total. The lowest BCUT2D eigenvalue weighted by atomic mass is 10.0. The molecule has 0 aliphatic rings. The third-order valence-corrected chi connectivity index (χ3v) is 6.42. The number of fused-ring (bicyclic) bond motifs is 1. The Hall–Kier alpha value is -4.35. The number of carbonyl (C=O) groups excluding carboxylic acids is 3. The lowest BCUT2D eigenvalue weighted by molar-refractivity contribution is -0.123. The molecule has 0 bridgehead atoms. The minimum absolute atomic E-state index is 0.0426. The van der Waals surface area contributed by atoms with Crippen LogP contribution in [0.15, 0.2) is 35.3 Å². The number of likely N-dealkylation sites (N-methyl/N-ethyl adjacent to an activating group) is 1. The number of aryl methyl sites for hydroxylation is 2. The molecule has 0 saturated heterocycles. The number of nitrogens with one attached hydrogen (secondary N) is 2. The van der Waals surface area contributed by atoms with Crippen LogP contribution < -0.4 is 10.9 Å². The molecular formula is C28H35FN6O5. The second-order valence-electron chi connectivity index (χ2n) is 9.65. The van der Waals surface area contributed by atoms with Crippen molar-refractivity contribution >= 4 is 28.8 Å². The number of aromatic nitrogens is 4. The molecule has 3 rings (SSSR count). The van der Waals surface area contributed by atoms with Crippen LogP contribution >= 0.6 is 0 Å². The molecule has 214 valence electrons. The number of methoxy groups -OCH3 is 1. The van der Waals surface area contributed by atoms with Crippen LogP contribution in [-0.2, 0) is 33.7 Å². The van der Waals surface area contributed by atoms with E-state index in [1.807, 2.05) is 6.92 Å². The molecule has 0 saturated carbocycles. The molecule has 0 spiro atoms. The fourth-order valence-electron chi connectivity index (χ4n) is 4.18. The van der Waals surface area contributed by atoms with Crippen molar-refractivity contribution in [1.82, 2.24) is 29.7 Å². The number of hydrogen-bond donors (Lipinski definition) is 2. The number of ketones is 1. The van der Waals surface area contributed by atoms with Crippen LogP contribution in [0, 0.1) is 12.7 Å². The molecule has 0 aliphatic carbocycles. The number of Topliss-reactive ketones (excluding diaryl/α,β-unsaturated/α-hetero) is 1. The predicted octanol–water partition coefficient (Wildman–Crippen LogP) is 2.83. The first kappa shape index (κ1) is 30.2. The molecule has 0 unspecified atom stereocenters. The summed E-state index contributed by atoms with van der Waals surface area (Å²) < 4.78 is 20.5. The van der Waals surface area contributed by atoms with Crippen LogP contribution in [-0.4, -0.2) is 69.4 Å². The normalized spacial score (nSPS) is 12.1. The summed E-state index contributed by atoms with van der Waals surface area (Å²) >= 11 is 0. The van der Waals surface area contributed by atoms with E-state index in [9.17, 15) is 23.6 Å². The average molecular weight is 555 g/mol. The number of imidazole rings is 1. The van der Waals surface area contributed by atoms with Gasteiger partial charge in [-0.25, -0.2) is 14.2 Å². The van der Waals surface area contributed by atoms with Crippen LogP contribution in [0.4, 0.5) is 9.18 Å². The number of rotatable bonds is 12. The van der Waals surface area contributed by atoms with Gasteiger partial charge in [0.15, 0.2) is 11.6 Å². The van der Waals surface area contributed by atoms with E-state index in [1.54, 1.807) is 39.2 Å². The third kappa shape index (κ3) is 7.39. The maximum Gasteiger partial charge on any atom is 0.407 e. The van der Waals surface area contributed by atoms with Crippen LogP contribution in [0.2, 0.25) is 0 Å². The Bertz CT molecular complexity index is 1480. The first-order chi connectivity index (χ1) is 19.0. The van der Waals surface area contributed by atoms with Gasteiger partial charge in [-0.15, -0.1) is 0 Å². The summed E-state index contributed by atoms with van der Waals surface area (Å²) in [6.07, 6.45) is 5.19. The molecule has 40 heavy (non-hydrogen) atoms. The van der Waals surface area contributed by atoms with Crippen molar-refractivity contribution in [3.63, 3.8) is 0 Å². The van der Waals surface area contributed by atoms with Gasteiger partial charge >= 0.3 is 6.09 Å². The number of H-pyrrole nitrogens is 1. The van der Waals surface area contributed by atoms with Crippen molar-refractivity contribution in [1.29, 1.82) is 0 Å². The van der Waals surface area contributed by atoms with Gasteiger partial charge < -0.3 is 24.5 Å². The predicted molar refractivity (Wildman–Crippen MR) is 147 cm³/mol. The molecule has 3 aromatic rings. The minimum atomic E-state index is -0.927.